The Morgan fingerprint density at radius 3 is 2.41 bits per heavy atom. The summed E-state index contributed by atoms with van der Waals surface area (Å²) in [6.45, 7) is 7.65. The third-order valence-electron chi connectivity index (χ3n) is 2.85. The molecule has 0 spiro atoms. The summed E-state index contributed by atoms with van der Waals surface area (Å²) in [5, 5.41) is 10.8. The first-order valence-corrected chi connectivity index (χ1v) is 6.03. The molecule has 1 aromatic heterocycles. The van der Waals surface area contributed by atoms with Gasteiger partial charge in [0.05, 0.1) is 10.6 Å². The summed E-state index contributed by atoms with van der Waals surface area (Å²) in [6, 6.07) is 1.54. The van der Waals surface area contributed by atoms with Crippen molar-refractivity contribution in [1.29, 1.82) is 0 Å². The molecule has 0 aliphatic rings. The lowest BCUT2D eigenvalue weighted by Crippen LogP contribution is -2.17. The fourth-order valence-electron chi connectivity index (χ4n) is 2.01. The maximum Gasteiger partial charge on any atom is 0.275 e. The minimum atomic E-state index is -0.378. The van der Waals surface area contributed by atoms with E-state index < -0.39 is 0 Å². The van der Waals surface area contributed by atoms with Crippen molar-refractivity contribution in [1.82, 2.24) is 4.98 Å². The summed E-state index contributed by atoms with van der Waals surface area (Å²) in [5.41, 5.74) is 1.38. The van der Waals surface area contributed by atoms with Gasteiger partial charge in [-0.25, -0.2) is 0 Å². The topological polar surface area (TPSA) is 56.0 Å². The third-order valence-corrected chi connectivity index (χ3v) is 3.12. The molecule has 1 aromatic rings. The van der Waals surface area contributed by atoms with Crippen molar-refractivity contribution in [2.75, 3.05) is 0 Å². The van der Waals surface area contributed by atoms with Crippen molar-refractivity contribution < 1.29 is 4.92 Å². The molecule has 0 saturated carbocycles. The smallest absolute Gasteiger partial charge is 0.260 e. The van der Waals surface area contributed by atoms with Crippen molar-refractivity contribution in [2.24, 2.45) is 5.92 Å². The van der Waals surface area contributed by atoms with Crippen LogP contribution in [0, 0.1) is 23.0 Å². The van der Waals surface area contributed by atoms with Crippen LogP contribution in [-0.4, -0.2) is 15.3 Å². The second-order valence-electron chi connectivity index (χ2n) is 4.60. The van der Waals surface area contributed by atoms with Gasteiger partial charge in [-0.15, -0.1) is 11.6 Å². The maximum atomic E-state index is 10.9. The van der Waals surface area contributed by atoms with E-state index in [9.17, 15) is 10.1 Å². The third kappa shape index (κ3) is 3.16. The number of alkyl halides is 1. The first-order chi connectivity index (χ1) is 7.84. The Morgan fingerprint density at radius 2 is 2.00 bits per heavy atom. The van der Waals surface area contributed by atoms with Crippen molar-refractivity contribution >= 4 is 17.3 Å². The molecule has 0 bridgehead atoms. The number of aryl methyl sites for hydroxylation is 1. The Balaban J connectivity index is 3.22. The molecule has 0 N–H and O–H groups in total. The number of aromatic nitrogens is 1. The van der Waals surface area contributed by atoms with Gasteiger partial charge in [0.25, 0.3) is 5.69 Å². The zero-order valence-electron chi connectivity index (χ0n) is 10.5. The van der Waals surface area contributed by atoms with Crippen LogP contribution >= 0.6 is 11.6 Å². The minimum absolute atomic E-state index is 0.0240. The van der Waals surface area contributed by atoms with Gasteiger partial charge in [0.15, 0.2) is 0 Å². The highest BCUT2D eigenvalue weighted by Gasteiger charge is 2.25. The van der Waals surface area contributed by atoms with Gasteiger partial charge in [-0.05, 0) is 19.8 Å². The van der Waals surface area contributed by atoms with Crippen LogP contribution < -0.4 is 0 Å². The van der Waals surface area contributed by atoms with Crippen molar-refractivity contribution in [2.45, 2.75) is 39.0 Å². The van der Waals surface area contributed by atoms with Gasteiger partial charge in [-0.3, -0.25) is 15.1 Å². The highest BCUT2D eigenvalue weighted by molar-refractivity contribution is 6.20. The molecule has 4 nitrogen and oxygen atoms in total. The summed E-state index contributed by atoms with van der Waals surface area (Å²) in [7, 11) is 0. The summed E-state index contributed by atoms with van der Waals surface area (Å²) < 4.78 is 0. The largest absolute Gasteiger partial charge is 0.275 e. The van der Waals surface area contributed by atoms with Crippen LogP contribution in [0.5, 0.6) is 0 Å². The summed E-state index contributed by atoms with van der Waals surface area (Å²) >= 11 is 6.14. The lowest BCUT2D eigenvalue weighted by molar-refractivity contribution is -0.385. The molecule has 1 heterocycles. The highest BCUT2D eigenvalue weighted by atomic mass is 35.5. The van der Waals surface area contributed by atoms with Crippen LogP contribution in [0.3, 0.4) is 0 Å². The summed E-state index contributed by atoms with van der Waals surface area (Å²) in [5.74, 6) is 0.313. The fourth-order valence-corrected chi connectivity index (χ4v) is 2.43. The van der Waals surface area contributed by atoms with Crippen LogP contribution in [-0.2, 0) is 0 Å². The van der Waals surface area contributed by atoms with Gasteiger partial charge in [-0.1, -0.05) is 13.8 Å². The number of hydrogen-bond acceptors (Lipinski definition) is 3. The molecule has 0 amide bonds. The quantitative estimate of drug-likeness (QED) is 0.469. The molecule has 0 fully saturated rings. The van der Waals surface area contributed by atoms with Gasteiger partial charge < -0.3 is 0 Å². The Kier molecular flexibility index (Phi) is 4.46. The minimum Gasteiger partial charge on any atom is -0.260 e. The molecule has 17 heavy (non-hydrogen) atoms. The zero-order chi connectivity index (χ0) is 13.2. The Bertz CT molecular complexity index is 411. The number of rotatable bonds is 4. The molecule has 0 aliphatic heterocycles. The molecule has 0 aromatic carbocycles. The average Bonchev–Trinajstić information content (AvgIpc) is 2.19. The standard InChI is InChI=1S/C12H17ClN2O2/c1-7(2)12(9(4)13)10-5-11(15(16)17)8(3)6-14-10/h5-7,9,12H,1-4H3. The van der Waals surface area contributed by atoms with Crippen molar-refractivity contribution in [3.05, 3.63) is 33.6 Å². The monoisotopic (exact) mass is 256 g/mol. The lowest BCUT2D eigenvalue weighted by Gasteiger charge is -2.22. The second kappa shape index (κ2) is 5.45. The van der Waals surface area contributed by atoms with E-state index in [1.165, 1.54) is 0 Å². The van der Waals surface area contributed by atoms with Crippen LogP contribution in [0.2, 0.25) is 0 Å². The van der Waals surface area contributed by atoms with Gasteiger partial charge in [0, 0.05) is 29.1 Å². The first kappa shape index (κ1) is 13.9. The van der Waals surface area contributed by atoms with Gasteiger partial charge >= 0.3 is 0 Å². The van der Waals surface area contributed by atoms with Crippen LogP contribution in [0.25, 0.3) is 0 Å². The molecule has 0 radical (unpaired) electrons. The summed E-state index contributed by atoms with van der Waals surface area (Å²) in [4.78, 5) is 14.8. The summed E-state index contributed by atoms with van der Waals surface area (Å²) in [6.07, 6.45) is 1.54. The molecule has 94 valence electrons. The van der Waals surface area contributed by atoms with Crippen LogP contribution in [0.4, 0.5) is 5.69 Å². The van der Waals surface area contributed by atoms with Gasteiger partial charge in [-0.2, -0.15) is 0 Å². The van der Waals surface area contributed by atoms with E-state index in [1.54, 1.807) is 19.2 Å². The van der Waals surface area contributed by atoms with E-state index in [1.807, 2.05) is 20.8 Å². The highest BCUT2D eigenvalue weighted by Crippen LogP contribution is 2.32. The Hall–Kier alpha value is -1.16. The van der Waals surface area contributed by atoms with Crippen molar-refractivity contribution in [3.63, 3.8) is 0 Å². The lowest BCUT2D eigenvalue weighted by atomic mass is 9.89. The molecular formula is C12H17ClN2O2. The van der Waals surface area contributed by atoms with Crippen LogP contribution in [0.15, 0.2) is 12.3 Å². The number of halogens is 1. The Morgan fingerprint density at radius 1 is 1.41 bits per heavy atom. The van der Waals surface area contributed by atoms with E-state index in [2.05, 4.69) is 4.98 Å². The number of nitro groups is 1. The van der Waals surface area contributed by atoms with Gasteiger partial charge in [0.2, 0.25) is 0 Å². The molecule has 5 heteroatoms. The van der Waals surface area contributed by atoms with E-state index in [0.717, 1.165) is 0 Å². The number of hydrogen-bond donors (Lipinski definition) is 0. The number of pyridine rings is 1. The maximum absolute atomic E-state index is 10.9. The van der Waals surface area contributed by atoms with Gasteiger partial charge in [0.1, 0.15) is 0 Å². The normalized spacial score (nSPS) is 14.7. The SMILES string of the molecule is Cc1cnc(C(C(C)C)C(C)Cl)cc1[N+](=O)[O-]. The van der Waals surface area contributed by atoms with Crippen LogP contribution in [0.1, 0.15) is 37.9 Å². The van der Waals surface area contributed by atoms with E-state index >= 15 is 0 Å². The number of nitrogens with zero attached hydrogens (tertiary/aromatic N) is 2. The Labute approximate surface area is 106 Å². The molecular weight excluding hydrogens is 240 g/mol. The van der Waals surface area contributed by atoms with E-state index in [0.29, 0.717) is 11.3 Å². The molecule has 0 saturated heterocycles. The molecule has 0 aliphatic carbocycles. The van der Waals surface area contributed by atoms with E-state index in [4.69, 9.17) is 11.6 Å². The second-order valence-corrected chi connectivity index (χ2v) is 5.29. The average molecular weight is 257 g/mol. The first-order valence-electron chi connectivity index (χ1n) is 5.59. The molecule has 2 atom stereocenters. The zero-order valence-corrected chi connectivity index (χ0v) is 11.2. The van der Waals surface area contributed by atoms with Crippen molar-refractivity contribution in [3.8, 4) is 0 Å². The van der Waals surface area contributed by atoms with E-state index in [-0.39, 0.29) is 27.8 Å². The predicted molar refractivity (Wildman–Crippen MR) is 68.5 cm³/mol. The molecule has 2 unspecified atom stereocenters. The molecule has 1 rings (SSSR count). The predicted octanol–water partition coefficient (Wildman–Crippen LogP) is 3.67. The fraction of sp³-hybridized carbons (Fsp3) is 0.583.